The fourth-order valence-electron chi connectivity index (χ4n) is 1.95. The van der Waals surface area contributed by atoms with E-state index < -0.39 is 0 Å². The number of ether oxygens (including phenoxy) is 2. The van der Waals surface area contributed by atoms with Crippen molar-refractivity contribution in [1.29, 1.82) is 0 Å². The second-order valence-electron chi connectivity index (χ2n) is 5.58. The Morgan fingerprint density at radius 2 is 1.68 bits per heavy atom. The topological polar surface area (TPSA) is 18.5 Å². The molecule has 1 unspecified atom stereocenters. The van der Waals surface area contributed by atoms with E-state index >= 15 is 0 Å². The molecule has 0 aliphatic heterocycles. The molecule has 1 atom stereocenters. The lowest BCUT2D eigenvalue weighted by molar-refractivity contribution is 0.275. The van der Waals surface area contributed by atoms with Crippen molar-refractivity contribution in [2.75, 3.05) is 13.7 Å². The third-order valence-electron chi connectivity index (χ3n) is 3.26. The van der Waals surface area contributed by atoms with Gasteiger partial charge >= 0.3 is 0 Å². The summed E-state index contributed by atoms with van der Waals surface area (Å²) in [6.07, 6.45) is 5.03. The quantitative estimate of drug-likeness (QED) is 0.651. The summed E-state index contributed by atoms with van der Waals surface area (Å²) in [6.45, 7) is 7.61. The molecule has 106 valence electrons. The summed E-state index contributed by atoms with van der Waals surface area (Å²) in [5.74, 6) is 2.97. The van der Waals surface area contributed by atoms with Gasteiger partial charge in [-0.2, -0.15) is 0 Å². The van der Waals surface area contributed by atoms with Crippen molar-refractivity contribution in [3.05, 3.63) is 24.3 Å². The highest BCUT2D eigenvalue weighted by molar-refractivity contribution is 5.28. The second kappa shape index (κ2) is 8.84. The molecule has 0 N–H and O–H groups in total. The molecule has 1 aromatic carbocycles. The van der Waals surface area contributed by atoms with Gasteiger partial charge in [0.15, 0.2) is 0 Å². The molecule has 0 saturated carbocycles. The zero-order valence-electron chi connectivity index (χ0n) is 12.7. The maximum absolute atomic E-state index is 5.66. The zero-order valence-corrected chi connectivity index (χ0v) is 12.7. The molecular weight excluding hydrogens is 236 g/mol. The summed E-state index contributed by atoms with van der Waals surface area (Å²) >= 11 is 0. The molecule has 0 spiro atoms. The number of benzene rings is 1. The van der Waals surface area contributed by atoms with Crippen molar-refractivity contribution in [3.63, 3.8) is 0 Å². The highest BCUT2D eigenvalue weighted by atomic mass is 16.5. The Labute approximate surface area is 118 Å². The number of methoxy groups -OCH3 is 1. The third-order valence-corrected chi connectivity index (χ3v) is 3.26. The van der Waals surface area contributed by atoms with Crippen molar-refractivity contribution in [2.24, 2.45) is 11.8 Å². The molecule has 0 aliphatic carbocycles. The summed E-state index contributed by atoms with van der Waals surface area (Å²) in [4.78, 5) is 0. The molecule has 0 aliphatic rings. The first kappa shape index (κ1) is 15.9. The zero-order chi connectivity index (χ0) is 14.1. The fraction of sp³-hybridized carbons (Fsp3) is 0.647. The highest BCUT2D eigenvalue weighted by Gasteiger charge is 2.04. The Morgan fingerprint density at radius 3 is 2.26 bits per heavy atom. The monoisotopic (exact) mass is 262 g/mol. The van der Waals surface area contributed by atoms with Gasteiger partial charge < -0.3 is 9.47 Å². The minimum atomic E-state index is 0.689. The Balaban J connectivity index is 2.14. The van der Waals surface area contributed by atoms with E-state index in [0.717, 1.165) is 30.6 Å². The molecule has 2 heteroatoms. The molecule has 0 aromatic heterocycles. The van der Waals surface area contributed by atoms with Crippen LogP contribution in [0.1, 0.15) is 46.5 Å². The molecule has 1 rings (SSSR count). The first-order chi connectivity index (χ1) is 9.11. The first-order valence-corrected chi connectivity index (χ1v) is 7.22. The lowest BCUT2D eigenvalue weighted by atomic mass is 9.98. The van der Waals surface area contributed by atoms with Crippen LogP contribution >= 0.6 is 0 Å². The van der Waals surface area contributed by atoms with Crippen molar-refractivity contribution in [1.82, 2.24) is 0 Å². The van der Waals surface area contributed by atoms with Crippen molar-refractivity contribution >= 4 is 0 Å². The van der Waals surface area contributed by atoms with Crippen LogP contribution in [-0.2, 0) is 0 Å². The van der Waals surface area contributed by atoms with Crippen LogP contribution in [0.25, 0.3) is 0 Å². The van der Waals surface area contributed by atoms with Gasteiger partial charge in [-0.3, -0.25) is 0 Å². The molecule has 0 heterocycles. The largest absolute Gasteiger partial charge is 0.496 e. The number of rotatable bonds is 9. The maximum Gasteiger partial charge on any atom is 0.128 e. The third kappa shape index (κ3) is 7.09. The Hall–Kier alpha value is -1.18. The molecule has 2 radical (unpaired) electrons. The summed E-state index contributed by atoms with van der Waals surface area (Å²) in [6, 6.07) is 9.57. The molecular formula is C17H26O2. The summed E-state index contributed by atoms with van der Waals surface area (Å²) in [7, 11) is 1.62. The van der Waals surface area contributed by atoms with Crippen LogP contribution in [0.5, 0.6) is 11.5 Å². The molecule has 1 aromatic rings. The van der Waals surface area contributed by atoms with Gasteiger partial charge in [-0.25, -0.2) is 0 Å². The van der Waals surface area contributed by atoms with E-state index in [1.165, 1.54) is 19.3 Å². The number of hydrogen-bond donors (Lipinski definition) is 0. The Morgan fingerprint density at radius 1 is 1.00 bits per heavy atom. The van der Waals surface area contributed by atoms with Crippen LogP contribution in [0.3, 0.4) is 0 Å². The minimum absolute atomic E-state index is 0.689. The van der Waals surface area contributed by atoms with Crippen LogP contribution < -0.4 is 9.47 Å². The second-order valence-corrected chi connectivity index (χ2v) is 5.58. The lowest BCUT2D eigenvalue weighted by Crippen LogP contribution is -2.05. The fourth-order valence-corrected chi connectivity index (χ4v) is 1.95. The van der Waals surface area contributed by atoms with E-state index in [9.17, 15) is 0 Å². The van der Waals surface area contributed by atoms with Crippen LogP contribution in [-0.4, -0.2) is 13.7 Å². The predicted octanol–water partition coefficient (Wildman–Crippen LogP) is 4.53. The van der Waals surface area contributed by atoms with E-state index in [0.29, 0.717) is 5.75 Å². The van der Waals surface area contributed by atoms with Gasteiger partial charge in [0.05, 0.1) is 13.7 Å². The predicted molar refractivity (Wildman–Crippen MR) is 78.6 cm³/mol. The van der Waals surface area contributed by atoms with Crippen molar-refractivity contribution in [2.45, 2.75) is 46.5 Å². The average Bonchev–Trinajstić information content (AvgIpc) is 2.39. The van der Waals surface area contributed by atoms with Crippen molar-refractivity contribution in [3.8, 4) is 11.5 Å². The van der Waals surface area contributed by atoms with Gasteiger partial charge in [0, 0.05) is 12.1 Å². The average molecular weight is 262 g/mol. The summed E-state index contributed by atoms with van der Waals surface area (Å²) in [5, 5.41) is 0. The Bertz CT molecular complexity index is 330. The van der Waals surface area contributed by atoms with Crippen LogP contribution in [0.2, 0.25) is 0 Å². The minimum Gasteiger partial charge on any atom is -0.496 e. The molecule has 0 saturated heterocycles. The van der Waals surface area contributed by atoms with Crippen LogP contribution in [0.4, 0.5) is 0 Å². The van der Waals surface area contributed by atoms with E-state index in [2.05, 4.69) is 32.9 Å². The summed E-state index contributed by atoms with van der Waals surface area (Å²) < 4.78 is 10.7. The molecule has 0 bridgehead atoms. The highest BCUT2D eigenvalue weighted by Crippen LogP contribution is 2.18. The lowest BCUT2D eigenvalue weighted by Gasteiger charge is -2.13. The SMILES string of the molecule is COc1[c]cc(OCCC(C)CCCC(C)C)[c]c1. The van der Waals surface area contributed by atoms with E-state index in [1.54, 1.807) is 19.2 Å². The van der Waals surface area contributed by atoms with Gasteiger partial charge in [0.1, 0.15) is 11.5 Å². The van der Waals surface area contributed by atoms with Crippen LogP contribution in [0, 0.1) is 24.0 Å². The molecule has 19 heavy (non-hydrogen) atoms. The van der Waals surface area contributed by atoms with Gasteiger partial charge in [-0.15, -0.1) is 0 Å². The molecule has 2 nitrogen and oxygen atoms in total. The van der Waals surface area contributed by atoms with Gasteiger partial charge in [-0.1, -0.05) is 40.0 Å². The van der Waals surface area contributed by atoms with Gasteiger partial charge in [-0.05, 0) is 30.4 Å². The van der Waals surface area contributed by atoms with Gasteiger partial charge in [0.25, 0.3) is 0 Å². The standard InChI is InChI=1S/C17H26O2/c1-14(2)6-5-7-15(3)12-13-19-17-10-8-16(18-4)9-11-17/h8,11,14-15H,5-7,12-13H2,1-4H3. The van der Waals surface area contributed by atoms with Gasteiger partial charge in [0.2, 0.25) is 0 Å². The van der Waals surface area contributed by atoms with E-state index in [-0.39, 0.29) is 0 Å². The van der Waals surface area contributed by atoms with Crippen LogP contribution in [0.15, 0.2) is 12.1 Å². The maximum atomic E-state index is 5.66. The van der Waals surface area contributed by atoms with Crippen molar-refractivity contribution < 1.29 is 9.47 Å². The number of hydrogen-bond acceptors (Lipinski definition) is 2. The smallest absolute Gasteiger partial charge is 0.128 e. The van der Waals surface area contributed by atoms with E-state index in [4.69, 9.17) is 9.47 Å². The van der Waals surface area contributed by atoms with E-state index in [1.807, 2.05) is 0 Å². The molecule has 0 amide bonds. The molecule has 0 fully saturated rings. The first-order valence-electron chi connectivity index (χ1n) is 7.22. The normalized spacial score (nSPS) is 12.5. The Kier molecular flexibility index (Phi) is 7.39. The summed E-state index contributed by atoms with van der Waals surface area (Å²) in [5.41, 5.74) is 0.